The summed E-state index contributed by atoms with van der Waals surface area (Å²) in [5, 5.41) is 16.1. The molecule has 8 nitrogen and oxygen atoms in total. The average Bonchev–Trinajstić information content (AvgIpc) is 3.26. The van der Waals surface area contributed by atoms with Gasteiger partial charge in [0.05, 0.1) is 17.7 Å². The Kier molecular flexibility index (Phi) is 6.16. The predicted octanol–water partition coefficient (Wildman–Crippen LogP) is 3.28. The Labute approximate surface area is 166 Å². The van der Waals surface area contributed by atoms with Crippen LogP contribution in [-0.2, 0) is 11.3 Å². The number of carbonyl (C=O) groups is 2. The van der Waals surface area contributed by atoms with Crippen molar-refractivity contribution in [1.82, 2.24) is 10.6 Å². The normalized spacial score (nSPS) is 11.0. The molecule has 3 aromatic rings. The van der Waals surface area contributed by atoms with Crippen LogP contribution in [0.2, 0.25) is 0 Å². The molecule has 0 saturated heterocycles. The number of hydrogen-bond donors (Lipinski definition) is 2. The number of nitrogens with zero attached hydrogens (tertiary/aromatic N) is 1. The maximum atomic E-state index is 12.6. The van der Waals surface area contributed by atoms with Crippen LogP contribution in [0.5, 0.6) is 0 Å². The van der Waals surface area contributed by atoms with Crippen LogP contribution in [0.15, 0.2) is 83.1 Å². The topological polar surface area (TPSA) is 114 Å². The monoisotopic (exact) mass is 391 g/mol. The molecule has 0 aliphatic carbocycles. The lowest BCUT2D eigenvalue weighted by Crippen LogP contribution is -2.34. The first-order chi connectivity index (χ1) is 14.0. The molecule has 2 aromatic carbocycles. The second-order valence-electron chi connectivity index (χ2n) is 5.99. The van der Waals surface area contributed by atoms with Crippen molar-refractivity contribution in [3.8, 4) is 0 Å². The van der Waals surface area contributed by atoms with E-state index >= 15 is 0 Å². The number of rotatable bonds is 7. The van der Waals surface area contributed by atoms with E-state index in [0.717, 1.165) is 0 Å². The van der Waals surface area contributed by atoms with E-state index in [-0.39, 0.29) is 17.9 Å². The zero-order valence-corrected chi connectivity index (χ0v) is 15.2. The van der Waals surface area contributed by atoms with Crippen molar-refractivity contribution in [2.24, 2.45) is 0 Å². The molecule has 0 atom stereocenters. The fourth-order valence-corrected chi connectivity index (χ4v) is 2.48. The van der Waals surface area contributed by atoms with E-state index in [1.807, 2.05) is 0 Å². The molecular weight excluding hydrogens is 374 g/mol. The van der Waals surface area contributed by atoms with Gasteiger partial charge in [-0.2, -0.15) is 0 Å². The van der Waals surface area contributed by atoms with Crippen LogP contribution in [0.1, 0.15) is 21.7 Å². The Morgan fingerprint density at radius 1 is 1.00 bits per heavy atom. The SMILES string of the molecule is O=C(NCc1ccco1)C(=Cc1ccc([N+](=O)[O-])cc1)NC(=O)c1ccccc1. The first-order valence-electron chi connectivity index (χ1n) is 8.66. The van der Waals surface area contributed by atoms with Crippen LogP contribution in [0.4, 0.5) is 5.69 Å². The van der Waals surface area contributed by atoms with Crippen molar-refractivity contribution in [1.29, 1.82) is 0 Å². The van der Waals surface area contributed by atoms with Gasteiger partial charge in [-0.05, 0) is 48.0 Å². The molecule has 0 saturated carbocycles. The average molecular weight is 391 g/mol. The van der Waals surface area contributed by atoms with Gasteiger partial charge in [0, 0.05) is 17.7 Å². The van der Waals surface area contributed by atoms with E-state index in [1.54, 1.807) is 42.5 Å². The molecule has 0 unspecified atom stereocenters. The van der Waals surface area contributed by atoms with Crippen molar-refractivity contribution < 1.29 is 18.9 Å². The number of nitro benzene ring substituents is 1. The van der Waals surface area contributed by atoms with Crippen molar-refractivity contribution >= 4 is 23.6 Å². The summed E-state index contributed by atoms with van der Waals surface area (Å²) >= 11 is 0. The highest BCUT2D eigenvalue weighted by Crippen LogP contribution is 2.14. The van der Waals surface area contributed by atoms with Crippen molar-refractivity contribution in [2.45, 2.75) is 6.54 Å². The third kappa shape index (κ3) is 5.39. The number of non-ortho nitro benzene ring substituents is 1. The second-order valence-corrected chi connectivity index (χ2v) is 5.99. The Balaban J connectivity index is 1.82. The quantitative estimate of drug-likeness (QED) is 0.364. The molecule has 1 aromatic heterocycles. The Morgan fingerprint density at radius 2 is 1.72 bits per heavy atom. The van der Waals surface area contributed by atoms with E-state index in [0.29, 0.717) is 16.9 Å². The van der Waals surface area contributed by atoms with Crippen LogP contribution in [0.3, 0.4) is 0 Å². The highest BCUT2D eigenvalue weighted by molar-refractivity contribution is 6.05. The van der Waals surface area contributed by atoms with Gasteiger partial charge in [0.2, 0.25) is 0 Å². The Morgan fingerprint density at radius 3 is 2.34 bits per heavy atom. The van der Waals surface area contributed by atoms with Gasteiger partial charge in [-0.15, -0.1) is 0 Å². The molecule has 29 heavy (non-hydrogen) atoms. The summed E-state index contributed by atoms with van der Waals surface area (Å²) in [6.07, 6.45) is 2.94. The van der Waals surface area contributed by atoms with Gasteiger partial charge in [-0.1, -0.05) is 18.2 Å². The van der Waals surface area contributed by atoms with Gasteiger partial charge in [-0.3, -0.25) is 19.7 Å². The standard InChI is InChI=1S/C21H17N3O5/c25-20(16-5-2-1-3-6-16)23-19(21(26)22-14-18-7-4-12-29-18)13-15-8-10-17(11-9-15)24(27)28/h1-13H,14H2,(H,22,26)(H,23,25). The number of nitrogens with one attached hydrogen (secondary N) is 2. The Bertz CT molecular complexity index is 1030. The Hall–Kier alpha value is -4.20. The predicted molar refractivity (Wildman–Crippen MR) is 106 cm³/mol. The maximum absolute atomic E-state index is 12.6. The van der Waals surface area contributed by atoms with Gasteiger partial charge < -0.3 is 15.1 Å². The lowest BCUT2D eigenvalue weighted by atomic mass is 10.1. The molecule has 2 N–H and O–H groups in total. The van der Waals surface area contributed by atoms with Gasteiger partial charge in [0.15, 0.2) is 0 Å². The fourth-order valence-electron chi connectivity index (χ4n) is 2.48. The summed E-state index contributed by atoms with van der Waals surface area (Å²) in [4.78, 5) is 35.4. The molecule has 8 heteroatoms. The third-order valence-corrected chi connectivity index (χ3v) is 3.95. The summed E-state index contributed by atoms with van der Waals surface area (Å²) in [6.45, 7) is 0.143. The van der Waals surface area contributed by atoms with Crippen LogP contribution in [0, 0.1) is 10.1 Å². The maximum Gasteiger partial charge on any atom is 0.269 e. The molecule has 0 spiro atoms. The van der Waals surface area contributed by atoms with E-state index in [9.17, 15) is 19.7 Å². The number of carbonyl (C=O) groups excluding carboxylic acids is 2. The number of furan rings is 1. The number of benzene rings is 2. The van der Waals surface area contributed by atoms with E-state index < -0.39 is 16.7 Å². The largest absolute Gasteiger partial charge is 0.467 e. The summed E-state index contributed by atoms with van der Waals surface area (Å²) in [5.74, 6) is -0.418. The van der Waals surface area contributed by atoms with Crippen LogP contribution in [0.25, 0.3) is 6.08 Å². The molecule has 2 amide bonds. The first kappa shape index (κ1) is 19.6. The summed E-state index contributed by atoms with van der Waals surface area (Å²) < 4.78 is 5.18. The molecule has 0 fully saturated rings. The molecule has 0 radical (unpaired) electrons. The minimum atomic E-state index is -0.524. The first-order valence-corrected chi connectivity index (χ1v) is 8.66. The van der Waals surface area contributed by atoms with Gasteiger partial charge in [0.1, 0.15) is 11.5 Å². The third-order valence-electron chi connectivity index (χ3n) is 3.95. The van der Waals surface area contributed by atoms with Gasteiger partial charge >= 0.3 is 0 Å². The fraction of sp³-hybridized carbons (Fsp3) is 0.0476. The molecule has 0 aliphatic rings. The summed E-state index contributed by atoms with van der Waals surface area (Å²) in [5.41, 5.74) is 0.839. The second kappa shape index (κ2) is 9.14. The molecule has 3 rings (SSSR count). The van der Waals surface area contributed by atoms with Crippen molar-refractivity contribution in [3.63, 3.8) is 0 Å². The molecule has 1 heterocycles. The zero-order chi connectivity index (χ0) is 20.6. The number of nitro groups is 1. The van der Waals surface area contributed by atoms with E-state index in [1.165, 1.54) is 36.6 Å². The smallest absolute Gasteiger partial charge is 0.269 e. The number of hydrogen-bond acceptors (Lipinski definition) is 5. The van der Waals surface area contributed by atoms with Crippen LogP contribution in [-0.4, -0.2) is 16.7 Å². The van der Waals surface area contributed by atoms with Crippen LogP contribution < -0.4 is 10.6 Å². The number of amides is 2. The minimum absolute atomic E-state index is 0.000683. The van der Waals surface area contributed by atoms with E-state index in [2.05, 4.69) is 10.6 Å². The zero-order valence-electron chi connectivity index (χ0n) is 15.2. The molecular formula is C21H17N3O5. The van der Waals surface area contributed by atoms with E-state index in [4.69, 9.17) is 4.42 Å². The van der Waals surface area contributed by atoms with Crippen molar-refractivity contribution in [3.05, 3.63) is 106 Å². The lowest BCUT2D eigenvalue weighted by Gasteiger charge is -2.11. The summed E-state index contributed by atoms with van der Waals surface area (Å²) in [6, 6.07) is 17.5. The molecule has 0 bridgehead atoms. The van der Waals surface area contributed by atoms with Crippen molar-refractivity contribution in [2.75, 3.05) is 0 Å². The highest BCUT2D eigenvalue weighted by Gasteiger charge is 2.15. The lowest BCUT2D eigenvalue weighted by molar-refractivity contribution is -0.384. The molecule has 0 aliphatic heterocycles. The highest BCUT2D eigenvalue weighted by atomic mass is 16.6. The van der Waals surface area contributed by atoms with Gasteiger partial charge in [-0.25, -0.2) is 0 Å². The minimum Gasteiger partial charge on any atom is -0.467 e. The summed E-state index contributed by atoms with van der Waals surface area (Å²) in [7, 11) is 0. The van der Waals surface area contributed by atoms with Gasteiger partial charge in [0.25, 0.3) is 17.5 Å². The molecule has 146 valence electrons. The van der Waals surface area contributed by atoms with Crippen LogP contribution >= 0.6 is 0 Å².